The molecule has 94 valence electrons. The number of nitrogens with one attached hydrogen (secondary N) is 1. The van der Waals surface area contributed by atoms with Gasteiger partial charge in [-0.05, 0) is 18.2 Å². The lowest BCUT2D eigenvalue weighted by Gasteiger charge is -2.11. The molecular weight excluding hydrogens is 264 g/mol. The van der Waals surface area contributed by atoms with Crippen molar-refractivity contribution in [2.45, 2.75) is 4.90 Å². The maximum atomic E-state index is 11.8. The fourth-order valence-corrected chi connectivity index (χ4v) is 2.31. The van der Waals surface area contributed by atoms with Gasteiger partial charge in [-0.2, -0.15) is 0 Å². The van der Waals surface area contributed by atoms with Crippen LogP contribution in [-0.2, 0) is 14.8 Å². The second-order valence-electron chi connectivity index (χ2n) is 3.57. The SMILES string of the molecule is CN(C)C(=O)CNS(=O)(=O)c1cccc(Cl)c1. The van der Waals surface area contributed by atoms with Crippen LogP contribution in [0, 0.1) is 0 Å². The van der Waals surface area contributed by atoms with E-state index in [1.807, 2.05) is 0 Å². The Labute approximate surface area is 105 Å². The summed E-state index contributed by atoms with van der Waals surface area (Å²) >= 11 is 5.70. The van der Waals surface area contributed by atoms with Gasteiger partial charge in [-0.25, -0.2) is 13.1 Å². The molecule has 0 aliphatic heterocycles. The van der Waals surface area contributed by atoms with Gasteiger partial charge in [0.2, 0.25) is 15.9 Å². The van der Waals surface area contributed by atoms with Crippen molar-refractivity contribution in [3.63, 3.8) is 0 Å². The van der Waals surface area contributed by atoms with E-state index in [4.69, 9.17) is 11.6 Å². The number of rotatable bonds is 4. The third-order valence-electron chi connectivity index (χ3n) is 2.02. The van der Waals surface area contributed by atoms with E-state index in [1.165, 1.54) is 23.1 Å². The number of amides is 1. The molecule has 1 aromatic carbocycles. The topological polar surface area (TPSA) is 66.5 Å². The van der Waals surface area contributed by atoms with Gasteiger partial charge in [0.25, 0.3) is 0 Å². The molecule has 0 aromatic heterocycles. The van der Waals surface area contributed by atoms with Crippen LogP contribution in [0.3, 0.4) is 0 Å². The highest BCUT2D eigenvalue weighted by Gasteiger charge is 2.16. The van der Waals surface area contributed by atoms with E-state index in [0.717, 1.165) is 0 Å². The second-order valence-corrected chi connectivity index (χ2v) is 5.77. The van der Waals surface area contributed by atoms with E-state index >= 15 is 0 Å². The van der Waals surface area contributed by atoms with Crippen molar-refractivity contribution in [2.75, 3.05) is 20.6 Å². The van der Waals surface area contributed by atoms with Crippen molar-refractivity contribution in [1.82, 2.24) is 9.62 Å². The zero-order valence-corrected chi connectivity index (χ0v) is 11.0. The first kappa shape index (κ1) is 14.0. The standard InChI is InChI=1S/C10H13ClN2O3S/c1-13(2)10(14)7-12-17(15,16)9-5-3-4-8(11)6-9/h3-6,12H,7H2,1-2H3. The molecule has 1 N–H and O–H groups in total. The molecule has 0 saturated carbocycles. The molecule has 0 atom stereocenters. The molecule has 1 aromatic rings. The summed E-state index contributed by atoms with van der Waals surface area (Å²) in [7, 11) is -0.590. The summed E-state index contributed by atoms with van der Waals surface area (Å²) in [5, 5.41) is 0.326. The molecule has 0 unspecified atom stereocenters. The van der Waals surface area contributed by atoms with E-state index in [-0.39, 0.29) is 17.3 Å². The summed E-state index contributed by atoms with van der Waals surface area (Å²) in [5.41, 5.74) is 0. The number of benzene rings is 1. The van der Waals surface area contributed by atoms with Gasteiger partial charge >= 0.3 is 0 Å². The fourth-order valence-electron chi connectivity index (χ4n) is 1.03. The zero-order valence-electron chi connectivity index (χ0n) is 9.47. The van der Waals surface area contributed by atoms with Crippen molar-refractivity contribution in [3.8, 4) is 0 Å². The molecule has 0 fully saturated rings. The molecule has 0 radical (unpaired) electrons. The summed E-state index contributed by atoms with van der Waals surface area (Å²) in [6, 6.07) is 5.84. The maximum absolute atomic E-state index is 11.8. The van der Waals surface area contributed by atoms with Crippen LogP contribution in [0.25, 0.3) is 0 Å². The summed E-state index contributed by atoms with van der Waals surface area (Å²) in [5.74, 6) is -0.324. The van der Waals surface area contributed by atoms with Gasteiger partial charge < -0.3 is 4.90 Å². The number of likely N-dealkylation sites (N-methyl/N-ethyl adjacent to an activating group) is 1. The van der Waals surface area contributed by atoms with Crippen LogP contribution in [0.5, 0.6) is 0 Å². The number of carbonyl (C=O) groups is 1. The number of sulfonamides is 1. The first-order chi connectivity index (χ1) is 7.83. The van der Waals surface area contributed by atoms with Gasteiger partial charge in [0.05, 0.1) is 11.4 Å². The Morgan fingerprint density at radius 3 is 2.59 bits per heavy atom. The van der Waals surface area contributed by atoms with E-state index in [2.05, 4.69) is 4.72 Å². The largest absolute Gasteiger partial charge is 0.348 e. The van der Waals surface area contributed by atoms with Crippen LogP contribution in [0.2, 0.25) is 5.02 Å². The predicted molar refractivity (Wildman–Crippen MR) is 65.3 cm³/mol. The lowest BCUT2D eigenvalue weighted by Crippen LogP contribution is -2.36. The maximum Gasteiger partial charge on any atom is 0.241 e. The number of hydrogen-bond donors (Lipinski definition) is 1. The van der Waals surface area contributed by atoms with Crippen LogP contribution < -0.4 is 4.72 Å². The Bertz CT molecular complexity index is 514. The summed E-state index contributed by atoms with van der Waals surface area (Å²) in [4.78, 5) is 12.6. The molecule has 0 saturated heterocycles. The van der Waals surface area contributed by atoms with Gasteiger partial charge in [-0.3, -0.25) is 4.79 Å². The van der Waals surface area contributed by atoms with Gasteiger partial charge in [0.15, 0.2) is 0 Å². The Morgan fingerprint density at radius 1 is 1.41 bits per heavy atom. The zero-order chi connectivity index (χ0) is 13.1. The van der Waals surface area contributed by atoms with Gasteiger partial charge in [-0.1, -0.05) is 17.7 Å². The smallest absolute Gasteiger partial charge is 0.241 e. The van der Waals surface area contributed by atoms with Crippen molar-refractivity contribution < 1.29 is 13.2 Å². The third kappa shape index (κ3) is 3.99. The van der Waals surface area contributed by atoms with E-state index < -0.39 is 10.0 Å². The van der Waals surface area contributed by atoms with Gasteiger partial charge in [0.1, 0.15) is 0 Å². The molecule has 0 aliphatic carbocycles. The minimum absolute atomic E-state index is 0.0385. The Balaban J connectivity index is 2.80. The van der Waals surface area contributed by atoms with Crippen molar-refractivity contribution in [1.29, 1.82) is 0 Å². The summed E-state index contributed by atoms with van der Waals surface area (Å²) in [6.45, 7) is -0.276. The lowest BCUT2D eigenvalue weighted by molar-refractivity contribution is -0.127. The molecule has 0 heterocycles. The lowest BCUT2D eigenvalue weighted by atomic mass is 10.4. The quantitative estimate of drug-likeness (QED) is 0.881. The van der Waals surface area contributed by atoms with Crippen LogP contribution in [0.15, 0.2) is 29.2 Å². The molecule has 0 bridgehead atoms. The average molecular weight is 277 g/mol. The molecule has 5 nitrogen and oxygen atoms in total. The Kier molecular flexibility index (Phi) is 4.50. The first-order valence-electron chi connectivity index (χ1n) is 4.78. The third-order valence-corrected chi connectivity index (χ3v) is 3.65. The molecule has 0 spiro atoms. The number of halogens is 1. The number of nitrogens with zero attached hydrogens (tertiary/aromatic N) is 1. The van der Waals surface area contributed by atoms with E-state index in [1.54, 1.807) is 20.2 Å². The normalized spacial score (nSPS) is 11.2. The molecule has 1 rings (SSSR count). The van der Waals surface area contributed by atoms with Gasteiger partial charge in [0, 0.05) is 19.1 Å². The molecule has 0 aliphatic rings. The van der Waals surface area contributed by atoms with E-state index in [0.29, 0.717) is 5.02 Å². The van der Waals surface area contributed by atoms with Crippen molar-refractivity contribution in [3.05, 3.63) is 29.3 Å². The summed E-state index contributed by atoms with van der Waals surface area (Å²) in [6.07, 6.45) is 0. The first-order valence-corrected chi connectivity index (χ1v) is 6.64. The van der Waals surface area contributed by atoms with Crippen molar-refractivity contribution in [2.24, 2.45) is 0 Å². The predicted octanol–water partition coefficient (Wildman–Crippen LogP) is 0.707. The minimum Gasteiger partial charge on any atom is -0.348 e. The second kappa shape index (κ2) is 5.48. The van der Waals surface area contributed by atoms with Crippen LogP contribution >= 0.6 is 11.6 Å². The Morgan fingerprint density at radius 2 is 2.06 bits per heavy atom. The van der Waals surface area contributed by atoms with E-state index in [9.17, 15) is 13.2 Å². The highest BCUT2D eigenvalue weighted by molar-refractivity contribution is 7.89. The van der Waals surface area contributed by atoms with Gasteiger partial charge in [-0.15, -0.1) is 0 Å². The van der Waals surface area contributed by atoms with Crippen LogP contribution in [-0.4, -0.2) is 39.9 Å². The number of hydrogen-bond acceptors (Lipinski definition) is 3. The monoisotopic (exact) mass is 276 g/mol. The molecule has 1 amide bonds. The average Bonchev–Trinajstić information content (AvgIpc) is 2.26. The van der Waals surface area contributed by atoms with Crippen LogP contribution in [0.1, 0.15) is 0 Å². The van der Waals surface area contributed by atoms with Crippen molar-refractivity contribution >= 4 is 27.5 Å². The highest BCUT2D eigenvalue weighted by Crippen LogP contribution is 2.14. The highest BCUT2D eigenvalue weighted by atomic mass is 35.5. The fraction of sp³-hybridized carbons (Fsp3) is 0.300. The molecular formula is C10H13ClN2O3S. The minimum atomic E-state index is -3.69. The molecule has 17 heavy (non-hydrogen) atoms. The Hall–Kier alpha value is -1.11. The van der Waals surface area contributed by atoms with Crippen LogP contribution in [0.4, 0.5) is 0 Å². The molecule has 7 heteroatoms. The summed E-state index contributed by atoms with van der Waals surface area (Å²) < 4.78 is 25.7. The number of carbonyl (C=O) groups excluding carboxylic acids is 1.